The van der Waals surface area contributed by atoms with Crippen molar-refractivity contribution < 1.29 is 33.3 Å². The summed E-state index contributed by atoms with van der Waals surface area (Å²) in [4.78, 5) is 35.4. The maximum absolute atomic E-state index is 12.6. The second-order valence-corrected chi connectivity index (χ2v) is 8.95. The summed E-state index contributed by atoms with van der Waals surface area (Å²) in [6, 6.07) is 21.7. The lowest BCUT2D eigenvalue weighted by molar-refractivity contribution is -0.148. The molecular weight excluding hydrogens is 496 g/mol. The molecule has 3 rings (SSSR count). The topological polar surface area (TPSA) is 88.1 Å². The maximum atomic E-state index is 12.6. The van der Waals surface area contributed by atoms with Gasteiger partial charge in [0.05, 0.1) is 31.8 Å². The van der Waals surface area contributed by atoms with Gasteiger partial charge in [0.25, 0.3) is 0 Å². The molecule has 1 atom stereocenters. The van der Waals surface area contributed by atoms with E-state index in [1.54, 1.807) is 42.5 Å². The molecule has 204 valence electrons. The zero-order valence-corrected chi connectivity index (χ0v) is 22.6. The highest BCUT2D eigenvalue weighted by molar-refractivity contribution is 5.91. The number of hydrogen-bond donors (Lipinski definition) is 0. The maximum Gasteiger partial charge on any atom is 0.343 e. The van der Waals surface area contributed by atoms with E-state index in [1.165, 1.54) is 13.2 Å². The normalized spacial score (nSPS) is 11.6. The molecular formula is C32H34O7. The highest BCUT2D eigenvalue weighted by Gasteiger charge is 2.11. The van der Waals surface area contributed by atoms with Gasteiger partial charge < -0.3 is 18.9 Å². The Morgan fingerprint density at radius 1 is 0.795 bits per heavy atom. The number of esters is 3. The predicted molar refractivity (Wildman–Crippen MR) is 149 cm³/mol. The van der Waals surface area contributed by atoms with Crippen molar-refractivity contribution in [1.29, 1.82) is 0 Å². The summed E-state index contributed by atoms with van der Waals surface area (Å²) in [5, 5.41) is 0. The molecule has 0 amide bonds. The van der Waals surface area contributed by atoms with Crippen LogP contribution in [0.15, 0.2) is 78.9 Å². The molecule has 0 N–H and O–H groups in total. The Bertz CT molecular complexity index is 1240. The fourth-order valence-corrected chi connectivity index (χ4v) is 3.46. The van der Waals surface area contributed by atoms with Crippen LogP contribution in [0.25, 0.3) is 17.2 Å². The smallest absolute Gasteiger partial charge is 0.343 e. The third-order valence-electron chi connectivity index (χ3n) is 6.08. The van der Waals surface area contributed by atoms with E-state index in [0.717, 1.165) is 36.0 Å². The second kappa shape index (κ2) is 15.1. The quantitative estimate of drug-likeness (QED) is 0.108. The number of carbonyl (C=O) groups excluding carboxylic acids is 3. The zero-order chi connectivity index (χ0) is 28.0. The molecule has 0 aliphatic rings. The van der Waals surface area contributed by atoms with Crippen LogP contribution in [0.2, 0.25) is 0 Å². The van der Waals surface area contributed by atoms with E-state index < -0.39 is 11.9 Å². The second-order valence-electron chi connectivity index (χ2n) is 8.95. The number of methoxy groups -OCH3 is 1. The first-order chi connectivity index (χ1) is 18.9. The van der Waals surface area contributed by atoms with Gasteiger partial charge in [-0.05, 0) is 78.4 Å². The van der Waals surface area contributed by atoms with Gasteiger partial charge in [-0.2, -0.15) is 0 Å². The number of hydrogen-bond acceptors (Lipinski definition) is 7. The van der Waals surface area contributed by atoms with Gasteiger partial charge in [0.2, 0.25) is 0 Å². The standard InChI is InChI=1S/C32H34O7/c1-4-23(2)31(34)38-22-6-5-21-37-28-16-14-27(15-17-28)32(35)39-29-18-12-26(13-19-29)25-10-7-24(8-11-25)9-20-30(33)36-3/h7-20,23H,4-6,21-22H2,1-3H3. The van der Waals surface area contributed by atoms with E-state index in [1.807, 2.05) is 50.2 Å². The van der Waals surface area contributed by atoms with Gasteiger partial charge in [-0.25, -0.2) is 9.59 Å². The number of rotatable bonds is 13. The van der Waals surface area contributed by atoms with Crippen LogP contribution in [0.1, 0.15) is 49.0 Å². The van der Waals surface area contributed by atoms with Crippen LogP contribution in [0.3, 0.4) is 0 Å². The monoisotopic (exact) mass is 530 g/mol. The molecule has 7 nitrogen and oxygen atoms in total. The first-order valence-corrected chi connectivity index (χ1v) is 13.0. The van der Waals surface area contributed by atoms with E-state index >= 15 is 0 Å². The molecule has 39 heavy (non-hydrogen) atoms. The number of ether oxygens (including phenoxy) is 4. The molecule has 0 fully saturated rings. The Balaban J connectivity index is 1.43. The molecule has 0 saturated carbocycles. The largest absolute Gasteiger partial charge is 0.494 e. The lowest BCUT2D eigenvalue weighted by Crippen LogP contribution is -2.15. The number of carbonyl (C=O) groups is 3. The van der Waals surface area contributed by atoms with Crippen molar-refractivity contribution in [2.45, 2.75) is 33.1 Å². The average molecular weight is 531 g/mol. The van der Waals surface area contributed by atoms with E-state index in [9.17, 15) is 14.4 Å². The molecule has 0 heterocycles. The Morgan fingerprint density at radius 2 is 1.38 bits per heavy atom. The summed E-state index contributed by atoms with van der Waals surface area (Å²) < 4.78 is 21.0. The van der Waals surface area contributed by atoms with Gasteiger partial charge in [-0.15, -0.1) is 0 Å². The zero-order valence-electron chi connectivity index (χ0n) is 22.6. The van der Waals surface area contributed by atoms with Crippen molar-refractivity contribution in [2.75, 3.05) is 20.3 Å². The summed E-state index contributed by atoms with van der Waals surface area (Å²) in [5.41, 5.74) is 3.25. The lowest BCUT2D eigenvalue weighted by Gasteiger charge is -2.10. The highest BCUT2D eigenvalue weighted by Crippen LogP contribution is 2.24. The first-order valence-electron chi connectivity index (χ1n) is 13.0. The molecule has 1 unspecified atom stereocenters. The SMILES string of the molecule is CCC(C)C(=O)OCCCCOc1ccc(C(=O)Oc2ccc(-c3ccc(C=CC(=O)OC)cc3)cc2)cc1. The van der Waals surface area contributed by atoms with Crippen molar-refractivity contribution in [3.8, 4) is 22.6 Å². The summed E-state index contributed by atoms with van der Waals surface area (Å²) in [5.74, 6) is 0.00122. The third kappa shape index (κ3) is 9.45. The number of benzene rings is 3. The van der Waals surface area contributed by atoms with Gasteiger partial charge in [-0.1, -0.05) is 50.2 Å². The predicted octanol–water partition coefficient (Wildman–Crippen LogP) is 6.51. The van der Waals surface area contributed by atoms with Crippen LogP contribution >= 0.6 is 0 Å². The minimum absolute atomic E-state index is 0.0702. The first kappa shape index (κ1) is 29.2. The van der Waals surface area contributed by atoms with Crippen LogP contribution in [0.5, 0.6) is 11.5 Å². The van der Waals surface area contributed by atoms with E-state index in [2.05, 4.69) is 4.74 Å². The Kier molecular flexibility index (Phi) is 11.3. The van der Waals surface area contributed by atoms with Gasteiger partial charge in [0.15, 0.2) is 0 Å². The Morgan fingerprint density at radius 3 is 2.00 bits per heavy atom. The minimum atomic E-state index is -0.459. The fraction of sp³-hybridized carbons (Fsp3) is 0.281. The summed E-state index contributed by atoms with van der Waals surface area (Å²) in [7, 11) is 1.34. The van der Waals surface area contributed by atoms with E-state index in [0.29, 0.717) is 30.3 Å². The Hall–Kier alpha value is -4.39. The lowest BCUT2D eigenvalue weighted by atomic mass is 10.0. The van der Waals surface area contributed by atoms with Crippen molar-refractivity contribution in [2.24, 2.45) is 5.92 Å². The van der Waals surface area contributed by atoms with Crippen LogP contribution in [-0.4, -0.2) is 38.2 Å². The van der Waals surface area contributed by atoms with Gasteiger partial charge in [0, 0.05) is 6.08 Å². The third-order valence-corrected chi connectivity index (χ3v) is 6.08. The van der Waals surface area contributed by atoms with Crippen LogP contribution in [0, 0.1) is 5.92 Å². The fourth-order valence-electron chi connectivity index (χ4n) is 3.46. The van der Waals surface area contributed by atoms with E-state index in [4.69, 9.17) is 14.2 Å². The van der Waals surface area contributed by atoms with Crippen molar-refractivity contribution in [1.82, 2.24) is 0 Å². The summed E-state index contributed by atoms with van der Waals surface area (Å²) in [6.07, 6.45) is 5.31. The Labute approximate surface area is 229 Å². The molecule has 0 radical (unpaired) electrons. The highest BCUT2D eigenvalue weighted by atomic mass is 16.5. The average Bonchev–Trinajstić information content (AvgIpc) is 2.98. The molecule has 0 aliphatic heterocycles. The van der Waals surface area contributed by atoms with Crippen LogP contribution in [0.4, 0.5) is 0 Å². The summed E-state index contributed by atoms with van der Waals surface area (Å²) in [6.45, 7) is 4.70. The van der Waals surface area contributed by atoms with Gasteiger partial charge in [-0.3, -0.25) is 4.79 Å². The van der Waals surface area contributed by atoms with Crippen molar-refractivity contribution in [3.63, 3.8) is 0 Å². The van der Waals surface area contributed by atoms with Crippen molar-refractivity contribution in [3.05, 3.63) is 90.0 Å². The summed E-state index contributed by atoms with van der Waals surface area (Å²) >= 11 is 0. The van der Waals surface area contributed by atoms with Gasteiger partial charge in [0.1, 0.15) is 11.5 Å². The molecule has 0 spiro atoms. The molecule has 0 saturated heterocycles. The molecule has 7 heteroatoms. The molecule has 3 aromatic carbocycles. The molecule has 0 aromatic heterocycles. The van der Waals surface area contributed by atoms with Crippen LogP contribution in [-0.2, 0) is 19.1 Å². The molecule has 0 bridgehead atoms. The molecule has 3 aromatic rings. The van der Waals surface area contributed by atoms with Gasteiger partial charge >= 0.3 is 17.9 Å². The van der Waals surface area contributed by atoms with E-state index in [-0.39, 0.29) is 11.9 Å². The van der Waals surface area contributed by atoms with Crippen molar-refractivity contribution >= 4 is 24.0 Å². The van der Waals surface area contributed by atoms with Crippen LogP contribution < -0.4 is 9.47 Å². The number of unbranched alkanes of at least 4 members (excludes halogenated alkanes) is 1. The molecule has 0 aliphatic carbocycles. The minimum Gasteiger partial charge on any atom is -0.494 e.